The van der Waals surface area contributed by atoms with E-state index in [0.29, 0.717) is 24.1 Å². The summed E-state index contributed by atoms with van der Waals surface area (Å²) in [7, 11) is 3.40. The summed E-state index contributed by atoms with van der Waals surface area (Å²) in [6.07, 6.45) is 10.6. The molecule has 0 radical (unpaired) electrons. The number of nitrogens with zero attached hydrogens (tertiary/aromatic N) is 2. The highest BCUT2D eigenvalue weighted by Crippen LogP contribution is 2.45. The van der Waals surface area contributed by atoms with Crippen LogP contribution in [0.5, 0.6) is 23.0 Å². The van der Waals surface area contributed by atoms with Crippen molar-refractivity contribution >= 4 is 5.91 Å². The van der Waals surface area contributed by atoms with Gasteiger partial charge < -0.3 is 23.8 Å². The van der Waals surface area contributed by atoms with Gasteiger partial charge in [0.15, 0.2) is 11.5 Å². The third-order valence-corrected chi connectivity index (χ3v) is 8.51. The molecule has 5 rings (SSSR count). The number of carbonyl (C=O) groups is 1. The highest BCUT2D eigenvalue weighted by Gasteiger charge is 2.36. The zero-order valence-corrected chi connectivity index (χ0v) is 24.3. The van der Waals surface area contributed by atoms with Crippen LogP contribution in [0.3, 0.4) is 0 Å². The van der Waals surface area contributed by atoms with Crippen LogP contribution in [0.25, 0.3) is 0 Å². The number of allylic oxidation sites excluding steroid dienone is 2. The molecule has 0 unspecified atom stereocenters. The van der Waals surface area contributed by atoms with Gasteiger partial charge in [-0.1, -0.05) is 43.2 Å². The largest absolute Gasteiger partial charge is 0.496 e. The predicted molar refractivity (Wildman–Crippen MR) is 157 cm³/mol. The summed E-state index contributed by atoms with van der Waals surface area (Å²) in [4.78, 5) is 18.2. The van der Waals surface area contributed by atoms with Crippen molar-refractivity contribution in [1.29, 1.82) is 0 Å². The van der Waals surface area contributed by atoms with E-state index in [1.165, 1.54) is 11.1 Å². The van der Waals surface area contributed by atoms with Gasteiger partial charge in [-0.05, 0) is 80.2 Å². The molecule has 2 heterocycles. The number of likely N-dealkylation sites (tertiary alicyclic amines) is 1. The van der Waals surface area contributed by atoms with Crippen LogP contribution in [0.2, 0.25) is 0 Å². The molecule has 2 aromatic rings. The zero-order valence-electron chi connectivity index (χ0n) is 24.3. The third-order valence-electron chi connectivity index (χ3n) is 8.51. The fourth-order valence-corrected chi connectivity index (χ4v) is 6.09. The number of rotatable bonds is 15. The Hall–Kier alpha value is -3.19. The molecule has 3 aliphatic rings. The molecule has 40 heavy (non-hydrogen) atoms. The molecule has 1 saturated heterocycles. The van der Waals surface area contributed by atoms with Crippen LogP contribution in [0.15, 0.2) is 48.0 Å². The molecule has 2 aliphatic heterocycles. The van der Waals surface area contributed by atoms with Gasteiger partial charge in [-0.3, -0.25) is 9.69 Å². The SMILES string of the molecule is CCCCN(CCCC1=CC1)C(=O)CN1C[C@H](c2cc(OC)c3c(c2)OCO3)C[C@@H]1CCc1ccccc1OC. The number of fused-ring (bicyclic) bond motifs is 1. The number of ether oxygens (including phenoxy) is 4. The number of aryl methyl sites for hydroxylation is 1. The maximum atomic E-state index is 13.7. The van der Waals surface area contributed by atoms with Crippen molar-refractivity contribution in [1.82, 2.24) is 9.80 Å². The predicted octanol–water partition coefficient (Wildman–Crippen LogP) is 5.96. The highest BCUT2D eigenvalue weighted by molar-refractivity contribution is 5.78. The number of unbranched alkanes of at least 4 members (excludes halogenated alkanes) is 1. The van der Waals surface area contributed by atoms with Crippen molar-refractivity contribution in [3.8, 4) is 23.0 Å². The Morgan fingerprint density at radius 3 is 2.62 bits per heavy atom. The molecule has 1 aliphatic carbocycles. The zero-order chi connectivity index (χ0) is 27.9. The second kappa shape index (κ2) is 13.4. The van der Waals surface area contributed by atoms with Crippen molar-refractivity contribution < 1.29 is 23.7 Å². The molecule has 0 spiro atoms. The molecule has 2 atom stereocenters. The lowest BCUT2D eigenvalue weighted by molar-refractivity contribution is -0.132. The van der Waals surface area contributed by atoms with Gasteiger partial charge in [0.2, 0.25) is 18.4 Å². The first-order valence-corrected chi connectivity index (χ1v) is 14.9. The number of methoxy groups -OCH3 is 2. The van der Waals surface area contributed by atoms with Gasteiger partial charge in [0.25, 0.3) is 0 Å². The lowest BCUT2D eigenvalue weighted by atomic mass is 9.93. The minimum absolute atomic E-state index is 0.215. The van der Waals surface area contributed by atoms with Crippen LogP contribution in [-0.2, 0) is 11.2 Å². The van der Waals surface area contributed by atoms with Gasteiger partial charge >= 0.3 is 0 Å². The smallest absolute Gasteiger partial charge is 0.236 e. The molecule has 1 fully saturated rings. The quantitative estimate of drug-likeness (QED) is 0.256. The van der Waals surface area contributed by atoms with Gasteiger partial charge in [0.05, 0.1) is 20.8 Å². The molecular weight excluding hydrogens is 504 g/mol. The Kier molecular flexibility index (Phi) is 9.53. The molecular formula is C33H44N2O5. The van der Waals surface area contributed by atoms with E-state index >= 15 is 0 Å². The molecule has 0 N–H and O–H groups in total. The normalized spacial score (nSPS) is 19.4. The fraction of sp³-hybridized carbons (Fsp3) is 0.545. The van der Waals surface area contributed by atoms with Crippen molar-refractivity contribution in [2.24, 2.45) is 0 Å². The molecule has 0 saturated carbocycles. The van der Waals surface area contributed by atoms with E-state index in [4.69, 9.17) is 18.9 Å². The summed E-state index contributed by atoms with van der Waals surface area (Å²) < 4.78 is 22.6. The molecule has 216 valence electrons. The minimum atomic E-state index is 0.215. The number of amides is 1. The van der Waals surface area contributed by atoms with Crippen LogP contribution in [0.4, 0.5) is 0 Å². The van der Waals surface area contributed by atoms with Crippen LogP contribution in [0.1, 0.15) is 68.9 Å². The molecule has 1 amide bonds. The van der Waals surface area contributed by atoms with Gasteiger partial charge in [0, 0.05) is 25.7 Å². The van der Waals surface area contributed by atoms with E-state index in [2.05, 4.69) is 47.1 Å². The number of hydrogen-bond acceptors (Lipinski definition) is 6. The monoisotopic (exact) mass is 548 g/mol. The van der Waals surface area contributed by atoms with Crippen LogP contribution < -0.4 is 18.9 Å². The average molecular weight is 549 g/mol. The summed E-state index contributed by atoms with van der Waals surface area (Å²) >= 11 is 0. The van der Waals surface area contributed by atoms with Crippen LogP contribution in [-0.4, -0.2) is 68.9 Å². The minimum Gasteiger partial charge on any atom is -0.496 e. The average Bonchev–Trinajstić information content (AvgIpc) is 3.52. The first kappa shape index (κ1) is 28.3. The highest BCUT2D eigenvalue weighted by atomic mass is 16.7. The summed E-state index contributed by atoms with van der Waals surface area (Å²) in [5.41, 5.74) is 3.93. The van der Waals surface area contributed by atoms with E-state index in [1.54, 1.807) is 19.8 Å². The van der Waals surface area contributed by atoms with Gasteiger partial charge in [-0.2, -0.15) is 0 Å². The second-order valence-corrected chi connectivity index (χ2v) is 11.2. The van der Waals surface area contributed by atoms with Gasteiger partial charge in [-0.15, -0.1) is 0 Å². The molecule has 2 aromatic carbocycles. The van der Waals surface area contributed by atoms with E-state index in [0.717, 1.165) is 82.5 Å². The summed E-state index contributed by atoms with van der Waals surface area (Å²) in [5, 5.41) is 0. The maximum Gasteiger partial charge on any atom is 0.236 e. The van der Waals surface area contributed by atoms with Gasteiger partial charge in [-0.25, -0.2) is 0 Å². The number of carbonyl (C=O) groups excluding carboxylic acids is 1. The first-order valence-electron chi connectivity index (χ1n) is 14.9. The van der Waals surface area contributed by atoms with Crippen LogP contribution >= 0.6 is 0 Å². The lowest BCUT2D eigenvalue weighted by Gasteiger charge is -2.29. The van der Waals surface area contributed by atoms with Crippen LogP contribution in [0, 0.1) is 0 Å². The third kappa shape index (κ3) is 6.92. The van der Waals surface area contributed by atoms with E-state index in [9.17, 15) is 4.79 Å². The van der Waals surface area contributed by atoms with Crippen molar-refractivity contribution in [3.63, 3.8) is 0 Å². The topological polar surface area (TPSA) is 60.5 Å². The number of benzene rings is 2. The summed E-state index contributed by atoms with van der Waals surface area (Å²) in [6.45, 7) is 5.39. The summed E-state index contributed by atoms with van der Waals surface area (Å²) in [5.74, 6) is 3.59. The lowest BCUT2D eigenvalue weighted by Crippen LogP contribution is -2.43. The molecule has 7 nitrogen and oxygen atoms in total. The fourth-order valence-electron chi connectivity index (χ4n) is 6.09. The molecule has 0 aromatic heterocycles. The number of para-hydroxylation sites is 1. The summed E-state index contributed by atoms with van der Waals surface area (Å²) in [6, 6.07) is 12.7. The number of hydrogen-bond donors (Lipinski definition) is 0. The molecule has 7 heteroatoms. The molecule has 0 bridgehead atoms. The first-order chi connectivity index (χ1) is 19.6. The Labute approximate surface area is 239 Å². The van der Waals surface area contributed by atoms with E-state index in [-0.39, 0.29) is 18.6 Å². The van der Waals surface area contributed by atoms with E-state index < -0.39 is 0 Å². The van der Waals surface area contributed by atoms with E-state index in [1.807, 2.05) is 12.1 Å². The van der Waals surface area contributed by atoms with Crippen molar-refractivity contribution in [2.75, 3.05) is 47.2 Å². The Morgan fingerprint density at radius 1 is 1.05 bits per heavy atom. The van der Waals surface area contributed by atoms with Crippen molar-refractivity contribution in [2.45, 2.75) is 70.3 Å². The second-order valence-electron chi connectivity index (χ2n) is 11.2. The Balaban J connectivity index is 1.32. The van der Waals surface area contributed by atoms with Gasteiger partial charge in [0.1, 0.15) is 5.75 Å². The standard InChI is InChI=1S/C33H44N2O5/c1-4-5-16-34(17-8-9-24-12-13-24)32(36)22-35-21-27(26-19-30(38-3)33-31(20-26)39-23-40-33)18-28(35)15-14-25-10-6-7-11-29(25)37-2/h6-7,10-12,19-20,27-28H,4-5,8-9,13-18,21-23H2,1-3H3/t27-,28+/m1/s1. The Bertz CT molecular complexity index is 1200. The van der Waals surface area contributed by atoms with Crippen molar-refractivity contribution in [3.05, 3.63) is 59.2 Å². The Morgan fingerprint density at radius 2 is 1.85 bits per heavy atom. The maximum absolute atomic E-state index is 13.7.